The first-order chi connectivity index (χ1) is 12.6. The first kappa shape index (κ1) is 18.2. The number of rotatable bonds is 6. The molecule has 26 heavy (non-hydrogen) atoms. The summed E-state index contributed by atoms with van der Waals surface area (Å²) in [6.07, 6.45) is 2.37. The lowest BCUT2D eigenvalue weighted by atomic mass is 10.1. The van der Waals surface area contributed by atoms with Crippen LogP contribution in [0.2, 0.25) is 10.0 Å². The number of nitrogens with one attached hydrogen (secondary N) is 2. The van der Waals surface area contributed by atoms with Crippen molar-refractivity contribution < 1.29 is 4.79 Å². The van der Waals surface area contributed by atoms with Crippen LogP contribution in [0.15, 0.2) is 60.8 Å². The summed E-state index contributed by atoms with van der Waals surface area (Å²) in [5.41, 5.74) is 1.88. The topological polar surface area (TPSA) is 66.9 Å². The summed E-state index contributed by atoms with van der Waals surface area (Å²) in [4.78, 5) is 20.8. The number of anilines is 2. The van der Waals surface area contributed by atoms with Crippen LogP contribution in [0.5, 0.6) is 0 Å². The molecule has 0 aliphatic heterocycles. The highest BCUT2D eigenvalue weighted by atomic mass is 35.5. The van der Waals surface area contributed by atoms with Crippen LogP contribution in [0.3, 0.4) is 0 Å². The van der Waals surface area contributed by atoms with E-state index in [0.717, 1.165) is 6.42 Å². The van der Waals surface area contributed by atoms with E-state index in [1.165, 1.54) is 17.8 Å². The predicted octanol–water partition coefficient (Wildman–Crippen LogP) is 4.69. The monoisotopic (exact) mass is 386 g/mol. The zero-order valence-corrected chi connectivity index (χ0v) is 15.3. The van der Waals surface area contributed by atoms with Gasteiger partial charge < -0.3 is 10.6 Å². The molecular formula is C19H16Cl2N4O. The van der Waals surface area contributed by atoms with Gasteiger partial charge in [-0.2, -0.15) is 0 Å². The van der Waals surface area contributed by atoms with Gasteiger partial charge in [-0.05, 0) is 30.2 Å². The van der Waals surface area contributed by atoms with Gasteiger partial charge in [0.1, 0.15) is 5.69 Å². The summed E-state index contributed by atoms with van der Waals surface area (Å²) >= 11 is 12.0. The van der Waals surface area contributed by atoms with Gasteiger partial charge in [0.25, 0.3) is 5.91 Å². The Labute approximate surface area is 161 Å². The van der Waals surface area contributed by atoms with Gasteiger partial charge in [-0.25, -0.2) is 9.97 Å². The molecule has 2 aromatic carbocycles. The van der Waals surface area contributed by atoms with Crippen molar-refractivity contribution >= 4 is 40.7 Å². The van der Waals surface area contributed by atoms with Gasteiger partial charge in [0.2, 0.25) is 5.95 Å². The Bertz CT molecular complexity index is 903. The Hall–Kier alpha value is -2.63. The molecule has 0 radical (unpaired) electrons. The van der Waals surface area contributed by atoms with E-state index in [9.17, 15) is 4.79 Å². The van der Waals surface area contributed by atoms with Crippen molar-refractivity contribution in [3.8, 4) is 0 Å². The van der Waals surface area contributed by atoms with Gasteiger partial charge in [0.05, 0.1) is 15.7 Å². The number of nitrogens with zero attached hydrogens (tertiary/aromatic N) is 2. The molecular weight excluding hydrogens is 371 g/mol. The molecule has 3 rings (SSSR count). The lowest BCUT2D eigenvalue weighted by Gasteiger charge is -2.09. The molecule has 0 aliphatic rings. The molecule has 0 unspecified atom stereocenters. The Morgan fingerprint density at radius 1 is 1.00 bits per heavy atom. The largest absolute Gasteiger partial charge is 0.354 e. The lowest BCUT2D eigenvalue weighted by molar-refractivity contribution is 0.102. The van der Waals surface area contributed by atoms with Crippen molar-refractivity contribution in [1.29, 1.82) is 0 Å². The highest BCUT2D eigenvalue weighted by Gasteiger charge is 2.12. The Balaban J connectivity index is 1.63. The highest BCUT2D eigenvalue weighted by Crippen LogP contribution is 2.29. The van der Waals surface area contributed by atoms with Gasteiger partial charge in [-0.3, -0.25) is 4.79 Å². The molecule has 1 aromatic heterocycles. The average molecular weight is 387 g/mol. The molecule has 7 heteroatoms. The van der Waals surface area contributed by atoms with Crippen LogP contribution in [0, 0.1) is 0 Å². The number of halogens is 2. The van der Waals surface area contributed by atoms with Crippen molar-refractivity contribution in [2.75, 3.05) is 17.2 Å². The standard InChI is InChI=1S/C19H16Cl2N4O/c20-14-7-4-8-15(17(14)21)24-18(26)16-10-12-23-19(25-16)22-11-9-13-5-2-1-3-6-13/h1-8,10,12H,9,11H2,(H,24,26)(H,22,23,25). The predicted molar refractivity (Wildman–Crippen MR) is 105 cm³/mol. The van der Waals surface area contributed by atoms with Crippen molar-refractivity contribution in [2.45, 2.75) is 6.42 Å². The fraction of sp³-hybridized carbons (Fsp3) is 0.105. The molecule has 5 nitrogen and oxygen atoms in total. The molecule has 3 aromatic rings. The maximum atomic E-state index is 12.4. The molecule has 0 atom stereocenters. The van der Waals surface area contributed by atoms with Crippen molar-refractivity contribution in [1.82, 2.24) is 9.97 Å². The van der Waals surface area contributed by atoms with Gasteiger partial charge in [-0.1, -0.05) is 59.6 Å². The fourth-order valence-corrected chi connectivity index (χ4v) is 2.67. The van der Waals surface area contributed by atoms with Crippen LogP contribution in [0.1, 0.15) is 16.1 Å². The molecule has 1 heterocycles. The highest BCUT2D eigenvalue weighted by molar-refractivity contribution is 6.44. The molecule has 2 N–H and O–H groups in total. The van der Waals surface area contributed by atoms with Crippen LogP contribution in [-0.2, 0) is 6.42 Å². The normalized spacial score (nSPS) is 10.4. The minimum absolute atomic E-state index is 0.234. The zero-order chi connectivity index (χ0) is 18.4. The molecule has 0 aliphatic carbocycles. The summed E-state index contributed by atoms with van der Waals surface area (Å²) in [6.45, 7) is 0.662. The SMILES string of the molecule is O=C(Nc1cccc(Cl)c1Cl)c1ccnc(NCCc2ccccc2)n1. The van der Waals surface area contributed by atoms with Crippen LogP contribution in [-0.4, -0.2) is 22.4 Å². The minimum Gasteiger partial charge on any atom is -0.354 e. The van der Waals surface area contributed by atoms with Gasteiger partial charge in [0, 0.05) is 12.7 Å². The number of aromatic nitrogens is 2. The van der Waals surface area contributed by atoms with E-state index in [-0.39, 0.29) is 16.6 Å². The quantitative estimate of drug-likeness (QED) is 0.644. The smallest absolute Gasteiger partial charge is 0.274 e. The zero-order valence-electron chi connectivity index (χ0n) is 13.7. The third kappa shape index (κ3) is 4.71. The number of carbonyl (C=O) groups excluding carboxylic acids is 1. The number of amides is 1. The molecule has 0 saturated heterocycles. The van der Waals surface area contributed by atoms with E-state index in [0.29, 0.717) is 23.2 Å². The second-order valence-corrected chi connectivity index (χ2v) is 6.27. The van der Waals surface area contributed by atoms with E-state index in [4.69, 9.17) is 23.2 Å². The van der Waals surface area contributed by atoms with E-state index in [1.54, 1.807) is 18.2 Å². The average Bonchev–Trinajstić information content (AvgIpc) is 2.66. The third-order valence-electron chi connectivity index (χ3n) is 3.63. The summed E-state index contributed by atoms with van der Waals surface area (Å²) in [6, 6.07) is 16.7. The number of benzene rings is 2. The number of carbonyl (C=O) groups is 1. The summed E-state index contributed by atoms with van der Waals surface area (Å²) in [5, 5.41) is 6.49. The Morgan fingerprint density at radius 2 is 1.81 bits per heavy atom. The second kappa shape index (κ2) is 8.65. The Kier molecular flexibility index (Phi) is 6.04. The first-order valence-electron chi connectivity index (χ1n) is 7.99. The molecule has 0 spiro atoms. The van der Waals surface area contributed by atoms with E-state index < -0.39 is 0 Å². The maximum absolute atomic E-state index is 12.4. The third-order valence-corrected chi connectivity index (χ3v) is 4.45. The molecule has 132 valence electrons. The van der Waals surface area contributed by atoms with Crippen LogP contribution < -0.4 is 10.6 Å². The van der Waals surface area contributed by atoms with Gasteiger partial charge in [-0.15, -0.1) is 0 Å². The van der Waals surface area contributed by atoms with Crippen LogP contribution in [0.4, 0.5) is 11.6 Å². The lowest BCUT2D eigenvalue weighted by Crippen LogP contribution is -2.16. The summed E-state index contributed by atoms with van der Waals surface area (Å²) in [5.74, 6) is 0.00782. The Morgan fingerprint density at radius 3 is 2.62 bits per heavy atom. The number of hydrogen-bond acceptors (Lipinski definition) is 4. The van der Waals surface area contributed by atoms with Crippen molar-refractivity contribution in [2.24, 2.45) is 0 Å². The molecule has 0 bridgehead atoms. The fourth-order valence-electron chi connectivity index (χ4n) is 2.32. The van der Waals surface area contributed by atoms with E-state index in [1.807, 2.05) is 18.2 Å². The van der Waals surface area contributed by atoms with Gasteiger partial charge >= 0.3 is 0 Å². The van der Waals surface area contributed by atoms with Crippen molar-refractivity contribution in [3.63, 3.8) is 0 Å². The van der Waals surface area contributed by atoms with Crippen molar-refractivity contribution in [3.05, 3.63) is 82.1 Å². The summed E-state index contributed by atoms with van der Waals surface area (Å²) < 4.78 is 0. The first-order valence-corrected chi connectivity index (χ1v) is 8.75. The van der Waals surface area contributed by atoms with E-state index >= 15 is 0 Å². The summed E-state index contributed by atoms with van der Waals surface area (Å²) in [7, 11) is 0. The maximum Gasteiger partial charge on any atom is 0.274 e. The van der Waals surface area contributed by atoms with Crippen LogP contribution in [0.25, 0.3) is 0 Å². The minimum atomic E-state index is -0.386. The number of hydrogen-bond donors (Lipinski definition) is 2. The van der Waals surface area contributed by atoms with Gasteiger partial charge in [0.15, 0.2) is 0 Å². The van der Waals surface area contributed by atoms with Crippen LogP contribution >= 0.6 is 23.2 Å². The molecule has 1 amide bonds. The molecule has 0 saturated carbocycles. The molecule has 0 fully saturated rings. The van der Waals surface area contributed by atoms with E-state index in [2.05, 4.69) is 32.7 Å². The second-order valence-electron chi connectivity index (χ2n) is 5.48.